The van der Waals surface area contributed by atoms with Crippen molar-refractivity contribution in [2.45, 2.75) is 57.4 Å². The maximum atomic E-state index is 12.9. The number of H-pyrrole nitrogens is 1. The summed E-state index contributed by atoms with van der Waals surface area (Å²) in [7, 11) is 0. The first-order valence-electron chi connectivity index (χ1n) is 9.33. The van der Waals surface area contributed by atoms with Gasteiger partial charge in [0, 0.05) is 27.7 Å². The standard InChI is InChI=1S/C21H29N5OS/c1-20(2,3)16-18(25-21(4,5)6)26-17(24-16)15(12-22-26)19(27)23-13-8-10-14(28-7)11-9-13/h8-12,22,25H,1-7H3,(H,23,27). The molecule has 0 aliphatic heterocycles. The van der Waals surface area contributed by atoms with Crippen LogP contribution in [0.1, 0.15) is 57.6 Å². The van der Waals surface area contributed by atoms with Gasteiger partial charge in [-0.25, -0.2) is 9.50 Å². The number of hydrogen-bond acceptors (Lipinski definition) is 4. The van der Waals surface area contributed by atoms with Crippen LogP contribution in [0.2, 0.25) is 0 Å². The minimum atomic E-state index is -0.184. The third kappa shape index (κ3) is 4.19. The van der Waals surface area contributed by atoms with Crippen molar-refractivity contribution in [3.8, 4) is 0 Å². The lowest BCUT2D eigenvalue weighted by Gasteiger charge is -2.25. The summed E-state index contributed by atoms with van der Waals surface area (Å²) in [4.78, 5) is 18.9. The molecule has 0 saturated heterocycles. The lowest BCUT2D eigenvalue weighted by atomic mass is 9.91. The monoisotopic (exact) mass is 399 g/mol. The largest absolute Gasteiger partial charge is 0.364 e. The minimum absolute atomic E-state index is 0.136. The first kappa shape index (κ1) is 20.3. The summed E-state index contributed by atoms with van der Waals surface area (Å²) in [5, 5.41) is 9.67. The van der Waals surface area contributed by atoms with Crippen molar-refractivity contribution in [2.75, 3.05) is 16.9 Å². The Bertz CT molecular complexity index is 987. The summed E-state index contributed by atoms with van der Waals surface area (Å²) in [6, 6.07) is 7.80. The van der Waals surface area contributed by atoms with Crippen LogP contribution < -0.4 is 10.6 Å². The van der Waals surface area contributed by atoms with E-state index in [0.717, 1.165) is 22.1 Å². The molecule has 1 amide bonds. The molecule has 3 rings (SSSR count). The van der Waals surface area contributed by atoms with E-state index in [0.29, 0.717) is 11.2 Å². The number of nitrogens with one attached hydrogen (secondary N) is 3. The fourth-order valence-electron chi connectivity index (χ4n) is 2.95. The number of carbonyl (C=O) groups is 1. The normalized spacial score (nSPS) is 12.4. The van der Waals surface area contributed by atoms with Gasteiger partial charge in [0.15, 0.2) is 11.5 Å². The van der Waals surface area contributed by atoms with E-state index in [1.165, 1.54) is 0 Å². The Kier molecular flexibility index (Phi) is 5.23. The van der Waals surface area contributed by atoms with E-state index in [9.17, 15) is 4.79 Å². The van der Waals surface area contributed by atoms with Crippen LogP contribution in [0.25, 0.3) is 5.65 Å². The number of amides is 1. The van der Waals surface area contributed by atoms with Crippen LogP contribution in [-0.4, -0.2) is 32.3 Å². The zero-order chi connectivity index (χ0) is 20.7. The van der Waals surface area contributed by atoms with E-state index >= 15 is 0 Å². The van der Waals surface area contributed by atoms with Crippen LogP contribution in [-0.2, 0) is 5.41 Å². The van der Waals surface area contributed by atoms with Crippen molar-refractivity contribution in [1.29, 1.82) is 0 Å². The summed E-state index contributed by atoms with van der Waals surface area (Å²) in [5.74, 6) is 0.703. The van der Waals surface area contributed by atoms with Gasteiger partial charge in [0.1, 0.15) is 5.56 Å². The Morgan fingerprint density at radius 1 is 1.11 bits per heavy atom. The molecule has 0 saturated carbocycles. The Labute approximate surface area is 170 Å². The maximum Gasteiger partial charge on any atom is 0.261 e. The zero-order valence-corrected chi connectivity index (χ0v) is 18.4. The van der Waals surface area contributed by atoms with Gasteiger partial charge in [0.2, 0.25) is 0 Å². The van der Waals surface area contributed by atoms with E-state index < -0.39 is 0 Å². The van der Waals surface area contributed by atoms with Crippen molar-refractivity contribution in [3.63, 3.8) is 0 Å². The summed E-state index contributed by atoms with van der Waals surface area (Å²) < 4.78 is 1.86. The molecule has 3 aromatic rings. The number of hydrogen-bond donors (Lipinski definition) is 3. The van der Waals surface area contributed by atoms with Gasteiger partial charge in [-0.2, -0.15) is 0 Å². The van der Waals surface area contributed by atoms with Gasteiger partial charge in [-0.15, -0.1) is 11.8 Å². The second-order valence-electron chi connectivity index (χ2n) is 8.96. The number of anilines is 2. The molecule has 0 radical (unpaired) electrons. The highest BCUT2D eigenvalue weighted by Gasteiger charge is 2.29. The highest BCUT2D eigenvalue weighted by molar-refractivity contribution is 7.98. The molecule has 6 nitrogen and oxygen atoms in total. The average Bonchev–Trinajstić information content (AvgIpc) is 3.14. The quantitative estimate of drug-likeness (QED) is 0.531. The molecule has 0 unspecified atom stereocenters. The summed E-state index contributed by atoms with van der Waals surface area (Å²) in [6.07, 6.45) is 3.73. The molecule has 28 heavy (non-hydrogen) atoms. The number of imidazole rings is 1. The summed E-state index contributed by atoms with van der Waals surface area (Å²) in [6.45, 7) is 12.7. The van der Waals surface area contributed by atoms with Crippen molar-refractivity contribution < 1.29 is 4.79 Å². The number of carbonyl (C=O) groups excluding carboxylic acids is 1. The second kappa shape index (κ2) is 7.20. The molecule has 0 spiro atoms. The van der Waals surface area contributed by atoms with Crippen LogP contribution in [0.3, 0.4) is 0 Å². The topological polar surface area (TPSA) is 74.2 Å². The third-order valence-corrected chi connectivity index (χ3v) is 5.00. The number of aromatic nitrogens is 3. The fraction of sp³-hybridized carbons (Fsp3) is 0.429. The van der Waals surface area contributed by atoms with Crippen LogP contribution in [0.5, 0.6) is 0 Å². The van der Waals surface area contributed by atoms with Gasteiger partial charge in [-0.1, -0.05) is 20.8 Å². The smallest absolute Gasteiger partial charge is 0.261 e. The predicted octanol–water partition coefficient (Wildman–Crippen LogP) is 5.14. The summed E-state index contributed by atoms with van der Waals surface area (Å²) >= 11 is 1.67. The van der Waals surface area contributed by atoms with E-state index in [1.807, 2.05) is 35.0 Å². The Balaban J connectivity index is 1.99. The van der Waals surface area contributed by atoms with E-state index in [1.54, 1.807) is 18.0 Å². The number of aromatic amines is 1. The Hall–Kier alpha value is -2.41. The van der Waals surface area contributed by atoms with Gasteiger partial charge < -0.3 is 10.6 Å². The first-order valence-corrected chi connectivity index (χ1v) is 10.6. The molecule has 2 heterocycles. The number of rotatable bonds is 4. The molecule has 7 heteroatoms. The molecule has 2 aromatic heterocycles. The highest BCUT2D eigenvalue weighted by Crippen LogP contribution is 2.32. The molecule has 150 valence electrons. The van der Waals surface area contributed by atoms with Crippen LogP contribution in [0, 0.1) is 0 Å². The average molecular weight is 400 g/mol. The SMILES string of the molecule is CSc1ccc(NC(=O)c2c[nH]n3c(NC(C)(C)C)c(C(C)(C)C)nc23)cc1. The van der Waals surface area contributed by atoms with Gasteiger partial charge in [0.25, 0.3) is 5.91 Å². The Morgan fingerprint density at radius 3 is 2.29 bits per heavy atom. The predicted molar refractivity (Wildman–Crippen MR) is 118 cm³/mol. The van der Waals surface area contributed by atoms with Gasteiger partial charge >= 0.3 is 0 Å². The molecular formula is C21H29N5OS. The lowest BCUT2D eigenvalue weighted by Crippen LogP contribution is -2.29. The van der Waals surface area contributed by atoms with Crippen LogP contribution in [0.15, 0.2) is 35.4 Å². The molecule has 0 fully saturated rings. The molecule has 3 N–H and O–H groups in total. The maximum absolute atomic E-state index is 12.9. The Morgan fingerprint density at radius 2 is 1.75 bits per heavy atom. The van der Waals surface area contributed by atoms with Crippen LogP contribution >= 0.6 is 11.8 Å². The highest BCUT2D eigenvalue weighted by atomic mass is 32.2. The molecule has 0 aliphatic rings. The molecule has 0 aliphatic carbocycles. The molecule has 1 aromatic carbocycles. The minimum Gasteiger partial charge on any atom is -0.364 e. The van der Waals surface area contributed by atoms with Crippen molar-refractivity contribution >= 4 is 34.8 Å². The van der Waals surface area contributed by atoms with Crippen molar-refractivity contribution in [2.24, 2.45) is 0 Å². The van der Waals surface area contributed by atoms with Crippen molar-refractivity contribution in [1.82, 2.24) is 14.6 Å². The van der Waals surface area contributed by atoms with E-state index in [-0.39, 0.29) is 16.9 Å². The zero-order valence-electron chi connectivity index (χ0n) is 17.6. The van der Waals surface area contributed by atoms with Gasteiger partial charge in [-0.3, -0.25) is 9.89 Å². The van der Waals surface area contributed by atoms with Crippen LogP contribution in [0.4, 0.5) is 11.5 Å². The van der Waals surface area contributed by atoms with Gasteiger partial charge in [-0.05, 0) is 51.3 Å². The third-order valence-electron chi connectivity index (χ3n) is 4.25. The molecule has 0 bridgehead atoms. The fourth-order valence-corrected chi connectivity index (χ4v) is 3.36. The molecule has 0 atom stereocenters. The number of fused-ring (bicyclic) bond motifs is 1. The first-order chi connectivity index (χ1) is 13.0. The summed E-state index contributed by atoms with van der Waals surface area (Å²) in [5.41, 5.74) is 2.52. The number of nitrogens with zero attached hydrogens (tertiary/aromatic N) is 2. The van der Waals surface area contributed by atoms with E-state index in [2.05, 4.69) is 57.3 Å². The second-order valence-corrected chi connectivity index (χ2v) is 9.84. The lowest BCUT2D eigenvalue weighted by molar-refractivity contribution is 0.102. The number of benzene rings is 1. The van der Waals surface area contributed by atoms with E-state index in [4.69, 9.17) is 4.98 Å². The number of thioether (sulfide) groups is 1. The molecular weight excluding hydrogens is 370 g/mol. The van der Waals surface area contributed by atoms with Crippen molar-refractivity contribution in [3.05, 3.63) is 41.7 Å². The van der Waals surface area contributed by atoms with Gasteiger partial charge in [0.05, 0.1) is 5.69 Å².